The van der Waals surface area contributed by atoms with Gasteiger partial charge in [0.2, 0.25) is 0 Å². The van der Waals surface area contributed by atoms with Crippen LogP contribution in [0.15, 0.2) is 77.9 Å². The highest BCUT2D eigenvalue weighted by molar-refractivity contribution is 6.34. The zero-order valence-corrected chi connectivity index (χ0v) is 15.3. The lowest BCUT2D eigenvalue weighted by atomic mass is 10.1. The molecule has 0 heterocycles. The van der Waals surface area contributed by atoms with Crippen LogP contribution in [0.4, 0.5) is 10.1 Å². The number of benzene rings is 3. The van der Waals surface area contributed by atoms with Gasteiger partial charge in [0.1, 0.15) is 5.82 Å². The van der Waals surface area contributed by atoms with Gasteiger partial charge in [0.15, 0.2) is 0 Å². The van der Waals surface area contributed by atoms with Crippen molar-refractivity contribution in [3.8, 4) is 0 Å². The number of nitrogens with one attached hydrogen (secondary N) is 2. The van der Waals surface area contributed by atoms with Crippen molar-refractivity contribution in [2.75, 3.05) is 5.32 Å². The standard InChI is InChI=1S/C21H15ClFN3O2/c22-19-7-2-1-6-18(19)21(28)25-17-5-3-4-15(12-17)20(27)26-24-13-14-8-10-16(23)11-9-14/h1-13H,(H,25,28)(H,26,27)/b24-13-. The van der Waals surface area contributed by atoms with Crippen molar-refractivity contribution < 1.29 is 14.0 Å². The van der Waals surface area contributed by atoms with Crippen molar-refractivity contribution >= 4 is 35.3 Å². The Morgan fingerprint density at radius 1 is 0.929 bits per heavy atom. The van der Waals surface area contributed by atoms with Crippen LogP contribution in [0.2, 0.25) is 5.02 Å². The van der Waals surface area contributed by atoms with Crippen LogP contribution in [-0.4, -0.2) is 18.0 Å². The summed E-state index contributed by atoms with van der Waals surface area (Å²) in [6.45, 7) is 0. The summed E-state index contributed by atoms with van der Waals surface area (Å²) in [4.78, 5) is 24.6. The number of hydrogen-bond donors (Lipinski definition) is 2. The second-order valence-corrected chi connectivity index (χ2v) is 6.17. The van der Waals surface area contributed by atoms with E-state index in [-0.39, 0.29) is 11.7 Å². The first-order chi connectivity index (χ1) is 13.5. The van der Waals surface area contributed by atoms with Crippen molar-refractivity contribution in [2.24, 2.45) is 5.10 Å². The largest absolute Gasteiger partial charge is 0.322 e. The average molecular weight is 396 g/mol. The van der Waals surface area contributed by atoms with Crippen LogP contribution < -0.4 is 10.7 Å². The van der Waals surface area contributed by atoms with Gasteiger partial charge in [-0.2, -0.15) is 5.10 Å². The van der Waals surface area contributed by atoms with Crippen LogP contribution in [-0.2, 0) is 0 Å². The van der Waals surface area contributed by atoms with E-state index in [0.29, 0.717) is 27.4 Å². The molecule has 0 aliphatic carbocycles. The highest BCUT2D eigenvalue weighted by Gasteiger charge is 2.11. The number of halogens is 2. The molecule has 3 aromatic carbocycles. The summed E-state index contributed by atoms with van der Waals surface area (Å²) < 4.78 is 12.9. The Morgan fingerprint density at radius 3 is 2.43 bits per heavy atom. The van der Waals surface area contributed by atoms with Gasteiger partial charge >= 0.3 is 0 Å². The highest BCUT2D eigenvalue weighted by atomic mass is 35.5. The minimum atomic E-state index is -0.452. The Balaban J connectivity index is 1.65. The topological polar surface area (TPSA) is 70.6 Å². The molecule has 0 saturated carbocycles. The fourth-order valence-corrected chi connectivity index (χ4v) is 2.58. The van der Waals surface area contributed by atoms with Crippen LogP contribution in [0.25, 0.3) is 0 Å². The molecule has 2 amide bonds. The van der Waals surface area contributed by atoms with Crippen LogP contribution in [0.3, 0.4) is 0 Å². The molecule has 0 fully saturated rings. The maximum atomic E-state index is 12.9. The van der Waals surface area contributed by atoms with Gasteiger partial charge in [-0.05, 0) is 48.0 Å². The van der Waals surface area contributed by atoms with E-state index in [4.69, 9.17) is 11.6 Å². The summed E-state index contributed by atoms with van der Waals surface area (Å²) in [5.41, 5.74) is 4.12. The van der Waals surface area contributed by atoms with E-state index in [0.717, 1.165) is 0 Å². The van der Waals surface area contributed by atoms with Crippen molar-refractivity contribution in [1.82, 2.24) is 5.43 Å². The molecule has 0 aromatic heterocycles. The molecular weight excluding hydrogens is 381 g/mol. The van der Waals surface area contributed by atoms with Gasteiger partial charge in [0, 0.05) is 11.3 Å². The van der Waals surface area contributed by atoms with Crippen LogP contribution in [0.1, 0.15) is 26.3 Å². The number of amides is 2. The zero-order chi connectivity index (χ0) is 19.9. The summed E-state index contributed by atoms with van der Waals surface area (Å²) in [6, 6.07) is 18.8. The third kappa shape index (κ3) is 5.02. The van der Waals surface area contributed by atoms with Gasteiger partial charge in [-0.15, -0.1) is 0 Å². The van der Waals surface area contributed by atoms with E-state index in [9.17, 15) is 14.0 Å². The molecule has 0 aliphatic heterocycles. The molecular formula is C21H15ClFN3O2. The van der Waals surface area contributed by atoms with Gasteiger partial charge in [0.05, 0.1) is 16.8 Å². The van der Waals surface area contributed by atoms with Crippen LogP contribution >= 0.6 is 11.6 Å². The van der Waals surface area contributed by atoms with Gasteiger partial charge in [-0.1, -0.05) is 41.9 Å². The Bertz CT molecular complexity index is 1040. The minimum absolute atomic E-state index is 0.313. The maximum Gasteiger partial charge on any atom is 0.271 e. The lowest BCUT2D eigenvalue weighted by Gasteiger charge is -2.08. The summed E-state index contributed by atoms with van der Waals surface area (Å²) in [5, 5.41) is 6.89. The number of carbonyl (C=O) groups excluding carboxylic acids is 2. The molecule has 2 N–H and O–H groups in total. The molecule has 0 atom stereocenters. The predicted molar refractivity (Wildman–Crippen MR) is 107 cm³/mol. The summed E-state index contributed by atoms with van der Waals surface area (Å²) >= 11 is 6.02. The molecule has 0 bridgehead atoms. The maximum absolute atomic E-state index is 12.9. The van der Waals surface area contributed by atoms with Crippen molar-refractivity contribution in [1.29, 1.82) is 0 Å². The van der Waals surface area contributed by atoms with Gasteiger partial charge in [0.25, 0.3) is 11.8 Å². The summed E-state index contributed by atoms with van der Waals surface area (Å²) in [5.74, 6) is -1.18. The van der Waals surface area contributed by atoms with E-state index in [1.165, 1.54) is 36.5 Å². The lowest BCUT2D eigenvalue weighted by molar-refractivity contribution is 0.0953. The molecule has 7 heteroatoms. The number of hydrogen-bond acceptors (Lipinski definition) is 3. The molecule has 3 rings (SSSR count). The van der Waals surface area contributed by atoms with E-state index >= 15 is 0 Å². The molecule has 28 heavy (non-hydrogen) atoms. The van der Waals surface area contributed by atoms with E-state index in [1.54, 1.807) is 42.5 Å². The number of carbonyl (C=O) groups is 2. The van der Waals surface area contributed by atoms with Crippen LogP contribution in [0, 0.1) is 5.82 Å². The number of nitrogens with zero attached hydrogens (tertiary/aromatic N) is 1. The molecule has 0 aliphatic rings. The van der Waals surface area contributed by atoms with E-state index in [2.05, 4.69) is 15.8 Å². The van der Waals surface area contributed by atoms with Crippen molar-refractivity contribution in [2.45, 2.75) is 0 Å². The Hall–Kier alpha value is -3.51. The Labute approximate surface area is 165 Å². The number of anilines is 1. The molecule has 3 aromatic rings. The van der Waals surface area contributed by atoms with Crippen LogP contribution in [0.5, 0.6) is 0 Å². The predicted octanol–water partition coefficient (Wildman–Crippen LogP) is 4.50. The van der Waals surface area contributed by atoms with Gasteiger partial charge in [-0.25, -0.2) is 9.82 Å². The van der Waals surface area contributed by atoms with Gasteiger partial charge in [-0.3, -0.25) is 9.59 Å². The first kappa shape index (κ1) is 19.3. The average Bonchev–Trinajstić information content (AvgIpc) is 2.70. The SMILES string of the molecule is O=C(N/N=C\c1ccc(F)cc1)c1cccc(NC(=O)c2ccccc2Cl)c1. The molecule has 140 valence electrons. The third-order valence-electron chi connectivity index (χ3n) is 3.75. The van der Waals surface area contributed by atoms with E-state index in [1.807, 2.05) is 0 Å². The Kier molecular flexibility index (Phi) is 6.14. The van der Waals surface area contributed by atoms with Gasteiger partial charge < -0.3 is 5.32 Å². The second-order valence-electron chi connectivity index (χ2n) is 5.77. The normalized spacial score (nSPS) is 10.6. The monoisotopic (exact) mass is 395 g/mol. The molecule has 0 radical (unpaired) electrons. The number of hydrazone groups is 1. The van der Waals surface area contributed by atoms with E-state index < -0.39 is 5.91 Å². The minimum Gasteiger partial charge on any atom is -0.322 e. The molecule has 0 saturated heterocycles. The summed E-state index contributed by atoms with van der Waals surface area (Å²) in [7, 11) is 0. The van der Waals surface area contributed by atoms with Crippen molar-refractivity contribution in [3.05, 3.63) is 100 Å². The fourth-order valence-electron chi connectivity index (χ4n) is 2.36. The second kappa shape index (κ2) is 8.92. The molecule has 0 spiro atoms. The quantitative estimate of drug-likeness (QED) is 0.493. The highest BCUT2D eigenvalue weighted by Crippen LogP contribution is 2.18. The first-order valence-electron chi connectivity index (χ1n) is 8.28. The first-order valence-corrected chi connectivity index (χ1v) is 8.65. The lowest BCUT2D eigenvalue weighted by Crippen LogP contribution is -2.18. The third-order valence-corrected chi connectivity index (χ3v) is 4.08. The smallest absolute Gasteiger partial charge is 0.271 e. The molecule has 5 nitrogen and oxygen atoms in total. The van der Waals surface area contributed by atoms with Crippen molar-refractivity contribution in [3.63, 3.8) is 0 Å². The molecule has 0 unspecified atom stereocenters. The fraction of sp³-hybridized carbons (Fsp3) is 0. The summed E-state index contributed by atoms with van der Waals surface area (Å²) in [6.07, 6.45) is 1.40. The number of rotatable bonds is 5. The Morgan fingerprint density at radius 2 is 1.68 bits per heavy atom. The zero-order valence-electron chi connectivity index (χ0n) is 14.5.